The normalized spacial score (nSPS) is 11.6. The second kappa shape index (κ2) is 13.5. The number of fused-ring (bicyclic) bond motifs is 6. The fourth-order valence-corrected chi connectivity index (χ4v) is 8.62. The predicted octanol–water partition coefficient (Wildman–Crippen LogP) is 13.4. The molecule has 3 heterocycles. The van der Waals surface area contributed by atoms with Crippen LogP contribution in [0.4, 0.5) is 0 Å². The van der Waals surface area contributed by atoms with Crippen molar-refractivity contribution in [3.8, 4) is 56.7 Å². The largest absolute Gasteiger partial charge is 0.309 e. The summed E-state index contributed by atoms with van der Waals surface area (Å²) in [5, 5.41) is 4.82. The van der Waals surface area contributed by atoms with Gasteiger partial charge in [0.2, 0.25) is 0 Å². The number of rotatable bonds is 6. The van der Waals surface area contributed by atoms with E-state index in [0.29, 0.717) is 17.5 Å². The Morgan fingerprint density at radius 1 is 0.345 bits per heavy atom. The van der Waals surface area contributed by atoms with E-state index in [1.54, 1.807) is 0 Å². The molecule has 0 fully saturated rings. The van der Waals surface area contributed by atoms with E-state index in [-0.39, 0.29) is 0 Å². The molecule has 0 spiro atoms. The van der Waals surface area contributed by atoms with Crippen LogP contribution >= 0.6 is 0 Å². The van der Waals surface area contributed by atoms with Crippen molar-refractivity contribution in [2.45, 2.75) is 13.8 Å². The highest BCUT2D eigenvalue weighted by molar-refractivity contribution is 6.16. The van der Waals surface area contributed by atoms with Gasteiger partial charge in [-0.15, -0.1) is 0 Å². The van der Waals surface area contributed by atoms with Crippen molar-refractivity contribution in [3.63, 3.8) is 0 Å². The number of hydrogen-bond donors (Lipinski definition) is 0. The molecule has 3 aromatic heterocycles. The van der Waals surface area contributed by atoms with Gasteiger partial charge in [0.1, 0.15) is 0 Å². The molecule has 11 rings (SSSR count). The number of nitrogens with zero attached hydrogens (tertiary/aromatic N) is 5. The molecule has 8 aromatic carbocycles. The standard InChI is InChI=1S/C53H37N5/c1-34-25-28-41-42-29-26-35(2)32-49(42)58(48(41)31-34)46-30-27-38(40-22-14-24-47-50(40)43-21-12-13-23-45(43)57(47)39-19-10-5-11-20-39)33-44(46)53-55-51(36-15-6-3-7-16-36)54-52(56-53)37-17-8-4-9-18-37/h3-33H,1-2H3. The first kappa shape index (κ1) is 33.7. The van der Waals surface area contributed by atoms with Gasteiger partial charge in [0.15, 0.2) is 17.5 Å². The van der Waals surface area contributed by atoms with E-state index in [1.807, 2.05) is 36.4 Å². The molecule has 0 atom stereocenters. The van der Waals surface area contributed by atoms with Gasteiger partial charge >= 0.3 is 0 Å². The van der Waals surface area contributed by atoms with Gasteiger partial charge in [0, 0.05) is 43.9 Å². The third-order valence-corrected chi connectivity index (χ3v) is 11.3. The van der Waals surface area contributed by atoms with Gasteiger partial charge in [-0.2, -0.15) is 0 Å². The second-order valence-corrected chi connectivity index (χ2v) is 15.0. The SMILES string of the molecule is Cc1ccc2c3ccc(C)cc3n(-c3ccc(-c4cccc5c4c4ccccc4n5-c4ccccc4)cc3-c3nc(-c4ccccc4)nc(-c4ccccc4)n3)c2c1. The Kier molecular flexibility index (Phi) is 7.86. The lowest BCUT2D eigenvalue weighted by atomic mass is 9.96. The molecule has 58 heavy (non-hydrogen) atoms. The van der Waals surface area contributed by atoms with Gasteiger partial charge in [-0.3, -0.25) is 0 Å². The number of para-hydroxylation sites is 2. The first-order valence-electron chi connectivity index (χ1n) is 19.7. The van der Waals surface area contributed by atoms with E-state index in [2.05, 4.69) is 175 Å². The minimum atomic E-state index is 0.610. The topological polar surface area (TPSA) is 48.5 Å². The molecule has 0 bridgehead atoms. The maximum absolute atomic E-state index is 5.32. The lowest BCUT2D eigenvalue weighted by molar-refractivity contribution is 1.06. The van der Waals surface area contributed by atoms with Crippen molar-refractivity contribution in [3.05, 3.63) is 199 Å². The maximum atomic E-state index is 5.32. The van der Waals surface area contributed by atoms with Crippen molar-refractivity contribution in [1.82, 2.24) is 24.1 Å². The highest BCUT2D eigenvalue weighted by Gasteiger charge is 2.22. The number of aromatic nitrogens is 5. The first-order valence-corrected chi connectivity index (χ1v) is 19.7. The number of hydrogen-bond acceptors (Lipinski definition) is 3. The molecule has 5 nitrogen and oxygen atoms in total. The predicted molar refractivity (Wildman–Crippen MR) is 240 cm³/mol. The summed E-state index contributed by atoms with van der Waals surface area (Å²) in [5.41, 5.74) is 14.1. The molecular weight excluding hydrogens is 707 g/mol. The highest BCUT2D eigenvalue weighted by atomic mass is 15.1. The average molecular weight is 744 g/mol. The minimum absolute atomic E-state index is 0.610. The van der Waals surface area contributed by atoms with E-state index in [0.717, 1.165) is 55.7 Å². The van der Waals surface area contributed by atoms with Gasteiger partial charge in [-0.25, -0.2) is 15.0 Å². The van der Waals surface area contributed by atoms with Crippen molar-refractivity contribution in [2.24, 2.45) is 0 Å². The molecule has 5 heteroatoms. The van der Waals surface area contributed by atoms with Crippen molar-refractivity contribution in [2.75, 3.05) is 0 Å². The van der Waals surface area contributed by atoms with E-state index in [9.17, 15) is 0 Å². The molecular formula is C53H37N5. The third-order valence-electron chi connectivity index (χ3n) is 11.3. The van der Waals surface area contributed by atoms with Crippen molar-refractivity contribution in [1.29, 1.82) is 0 Å². The Morgan fingerprint density at radius 3 is 1.53 bits per heavy atom. The molecule has 0 saturated carbocycles. The van der Waals surface area contributed by atoms with Gasteiger partial charge < -0.3 is 9.13 Å². The van der Waals surface area contributed by atoms with Crippen LogP contribution in [0.1, 0.15) is 11.1 Å². The van der Waals surface area contributed by atoms with E-state index >= 15 is 0 Å². The molecule has 0 saturated heterocycles. The zero-order valence-electron chi connectivity index (χ0n) is 32.1. The van der Waals surface area contributed by atoms with Gasteiger partial charge in [0.05, 0.1) is 27.8 Å². The maximum Gasteiger partial charge on any atom is 0.166 e. The van der Waals surface area contributed by atoms with Crippen LogP contribution in [0.3, 0.4) is 0 Å². The van der Waals surface area contributed by atoms with Gasteiger partial charge in [0.25, 0.3) is 0 Å². The van der Waals surface area contributed by atoms with Crippen LogP contribution in [0.25, 0.3) is 100 Å². The fourth-order valence-electron chi connectivity index (χ4n) is 8.62. The number of benzene rings is 8. The fraction of sp³-hybridized carbons (Fsp3) is 0.0377. The van der Waals surface area contributed by atoms with Crippen molar-refractivity contribution < 1.29 is 0 Å². The van der Waals surface area contributed by atoms with Crippen LogP contribution in [0.5, 0.6) is 0 Å². The van der Waals surface area contributed by atoms with Crippen LogP contribution in [0, 0.1) is 13.8 Å². The molecule has 0 radical (unpaired) electrons. The monoisotopic (exact) mass is 743 g/mol. The first-order chi connectivity index (χ1) is 28.6. The molecule has 0 aliphatic rings. The summed E-state index contributed by atoms with van der Waals surface area (Å²) in [5.74, 6) is 1.87. The lowest BCUT2D eigenvalue weighted by Crippen LogP contribution is -2.04. The van der Waals surface area contributed by atoms with Gasteiger partial charge in [-0.1, -0.05) is 140 Å². The lowest BCUT2D eigenvalue weighted by Gasteiger charge is -2.17. The molecule has 11 aromatic rings. The zero-order valence-corrected chi connectivity index (χ0v) is 32.1. The van der Waals surface area contributed by atoms with E-state index in [4.69, 9.17) is 15.0 Å². The Labute approximate surface area is 336 Å². The molecule has 0 unspecified atom stereocenters. The summed E-state index contributed by atoms with van der Waals surface area (Å²) < 4.78 is 4.77. The number of aryl methyl sites for hydroxylation is 2. The van der Waals surface area contributed by atoms with Crippen LogP contribution < -0.4 is 0 Å². The molecule has 0 aliphatic heterocycles. The molecule has 0 aliphatic carbocycles. The summed E-state index contributed by atoms with van der Waals surface area (Å²) in [6.07, 6.45) is 0. The van der Waals surface area contributed by atoms with Crippen LogP contribution in [0.15, 0.2) is 188 Å². The Balaban J connectivity index is 1.24. The quantitative estimate of drug-likeness (QED) is 0.170. The summed E-state index contributed by atoms with van der Waals surface area (Å²) in [7, 11) is 0. The molecule has 0 N–H and O–H groups in total. The smallest absolute Gasteiger partial charge is 0.166 e. The van der Waals surface area contributed by atoms with Crippen LogP contribution in [-0.2, 0) is 0 Å². The summed E-state index contributed by atoms with van der Waals surface area (Å²) in [6.45, 7) is 4.32. The zero-order chi connectivity index (χ0) is 38.7. The Bertz CT molecular complexity index is 3230. The van der Waals surface area contributed by atoms with Crippen LogP contribution in [-0.4, -0.2) is 24.1 Å². The van der Waals surface area contributed by atoms with Gasteiger partial charge in [-0.05, 0) is 84.6 Å². The summed E-state index contributed by atoms with van der Waals surface area (Å²) >= 11 is 0. The van der Waals surface area contributed by atoms with Crippen LogP contribution in [0.2, 0.25) is 0 Å². The highest BCUT2D eigenvalue weighted by Crippen LogP contribution is 2.42. The summed E-state index contributed by atoms with van der Waals surface area (Å²) in [6, 6.07) is 66.7. The van der Waals surface area contributed by atoms with E-state index < -0.39 is 0 Å². The second-order valence-electron chi connectivity index (χ2n) is 15.0. The third kappa shape index (κ3) is 5.51. The van der Waals surface area contributed by atoms with Crippen molar-refractivity contribution >= 4 is 43.6 Å². The Hall–Kier alpha value is -7.63. The minimum Gasteiger partial charge on any atom is -0.309 e. The average Bonchev–Trinajstić information content (AvgIpc) is 3.78. The molecule has 274 valence electrons. The van der Waals surface area contributed by atoms with E-state index in [1.165, 1.54) is 38.2 Å². The Morgan fingerprint density at radius 2 is 0.897 bits per heavy atom. The summed E-state index contributed by atoms with van der Waals surface area (Å²) in [4.78, 5) is 15.7. The molecule has 0 amide bonds.